The van der Waals surface area contributed by atoms with E-state index in [0.717, 1.165) is 12.0 Å². The Hall–Kier alpha value is -0.658. The molecule has 6 heteroatoms. The number of nitrogens with zero attached hydrogens (tertiary/aromatic N) is 1. The first-order valence-corrected chi connectivity index (χ1v) is 14.9. The molecule has 1 aromatic rings. The highest BCUT2D eigenvalue weighted by Crippen LogP contribution is 2.42. The zero-order valence-electron chi connectivity index (χ0n) is 21.5. The summed E-state index contributed by atoms with van der Waals surface area (Å²) in [6.45, 7) is 21.2. The number of hydrogen-bond donors (Lipinski definition) is 0. The maximum Gasteiger partial charge on any atom is 0.494 e. The molecule has 2 aliphatic heterocycles. The quantitative estimate of drug-likeness (QED) is 0.558. The molecule has 0 aliphatic carbocycles. The lowest BCUT2D eigenvalue weighted by Crippen LogP contribution is -2.48. The molecule has 0 bridgehead atoms. The van der Waals surface area contributed by atoms with Crippen molar-refractivity contribution in [2.75, 3.05) is 13.6 Å². The predicted molar refractivity (Wildman–Crippen MR) is 133 cm³/mol. The summed E-state index contributed by atoms with van der Waals surface area (Å²) in [5, 5.41) is 0.182. The van der Waals surface area contributed by atoms with Gasteiger partial charge in [0.2, 0.25) is 0 Å². The van der Waals surface area contributed by atoms with Crippen molar-refractivity contribution >= 4 is 20.9 Å². The van der Waals surface area contributed by atoms with Crippen molar-refractivity contribution in [2.24, 2.45) is 0 Å². The van der Waals surface area contributed by atoms with E-state index in [-0.39, 0.29) is 29.5 Å². The van der Waals surface area contributed by atoms with Gasteiger partial charge in [-0.25, -0.2) is 0 Å². The highest BCUT2D eigenvalue weighted by molar-refractivity contribution is 6.74. The second-order valence-corrected chi connectivity index (χ2v) is 16.9. The number of likely N-dealkylation sites (N-methyl/N-ethyl adjacent to an activating group) is 1. The van der Waals surface area contributed by atoms with E-state index in [1.54, 1.807) is 0 Å². The molecule has 3 rings (SSSR count). The minimum Gasteiger partial charge on any atom is -0.408 e. The Bertz CT molecular complexity index is 741. The van der Waals surface area contributed by atoms with Crippen LogP contribution < -0.4 is 5.46 Å². The van der Waals surface area contributed by atoms with Crippen molar-refractivity contribution in [2.45, 2.75) is 109 Å². The van der Waals surface area contributed by atoms with Crippen molar-refractivity contribution in [3.8, 4) is 0 Å². The van der Waals surface area contributed by atoms with E-state index in [9.17, 15) is 0 Å². The van der Waals surface area contributed by atoms with Crippen LogP contribution in [0, 0.1) is 0 Å². The summed E-state index contributed by atoms with van der Waals surface area (Å²) in [6, 6.07) is 9.23. The molecule has 2 aliphatic rings. The summed E-state index contributed by atoms with van der Waals surface area (Å²) >= 11 is 0. The fraction of sp³-hybridized carbons (Fsp3) is 0.760. The lowest BCUT2D eigenvalue weighted by molar-refractivity contribution is 0.00578. The minimum atomic E-state index is -1.92. The van der Waals surface area contributed by atoms with Gasteiger partial charge in [-0.3, -0.25) is 0 Å². The molecule has 0 saturated carbocycles. The highest BCUT2D eigenvalue weighted by Gasteiger charge is 2.51. The predicted octanol–water partition coefficient (Wildman–Crippen LogP) is 5.53. The zero-order chi connectivity index (χ0) is 23.2. The Morgan fingerprint density at radius 1 is 1.03 bits per heavy atom. The summed E-state index contributed by atoms with van der Waals surface area (Å²) in [5.41, 5.74) is 1.69. The van der Waals surface area contributed by atoms with E-state index in [2.05, 4.69) is 97.8 Å². The molecule has 2 atom stereocenters. The average molecular weight is 446 g/mol. The average Bonchev–Trinajstić information content (AvgIpc) is 2.87. The van der Waals surface area contributed by atoms with Crippen LogP contribution in [0.5, 0.6) is 0 Å². The van der Waals surface area contributed by atoms with Crippen LogP contribution in [0.3, 0.4) is 0 Å². The highest BCUT2D eigenvalue weighted by atomic mass is 28.4. The Labute approximate surface area is 192 Å². The van der Waals surface area contributed by atoms with Gasteiger partial charge in [-0.2, -0.15) is 0 Å². The van der Waals surface area contributed by atoms with Crippen LogP contribution >= 0.6 is 0 Å². The van der Waals surface area contributed by atoms with E-state index in [4.69, 9.17) is 13.7 Å². The van der Waals surface area contributed by atoms with Crippen molar-refractivity contribution in [3.05, 3.63) is 29.8 Å². The first-order chi connectivity index (χ1) is 14.1. The number of benzene rings is 1. The van der Waals surface area contributed by atoms with Crippen LogP contribution in [0.15, 0.2) is 24.3 Å². The molecule has 0 unspecified atom stereocenters. The first-order valence-electron chi connectivity index (χ1n) is 12.0. The van der Waals surface area contributed by atoms with Gasteiger partial charge in [0.05, 0.1) is 17.3 Å². The minimum absolute atomic E-state index is 0.0959. The molecule has 0 aromatic heterocycles. The number of piperidine rings is 1. The third kappa shape index (κ3) is 5.14. The Morgan fingerprint density at radius 2 is 1.58 bits per heavy atom. The summed E-state index contributed by atoms with van der Waals surface area (Å²) in [7, 11) is 0.0138. The normalized spacial score (nSPS) is 25.6. The Morgan fingerprint density at radius 3 is 2.06 bits per heavy atom. The molecule has 174 valence electrons. The SMILES string of the molecule is CN1CCCC[C@H]1[C@@H](O[Si](C)(C)C(C)(C)C)c1ccc(B2OC(C)(C)C(C)(C)O2)cc1. The first kappa shape index (κ1) is 25.0. The molecule has 0 amide bonds. The zero-order valence-corrected chi connectivity index (χ0v) is 22.5. The third-order valence-electron chi connectivity index (χ3n) is 8.19. The third-order valence-corrected chi connectivity index (χ3v) is 12.7. The summed E-state index contributed by atoms with van der Waals surface area (Å²) in [5.74, 6) is 0. The van der Waals surface area contributed by atoms with Gasteiger partial charge in [0.15, 0.2) is 8.32 Å². The van der Waals surface area contributed by atoms with Crippen molar-refractivity contribution in [1.29, 1.82) is 0 Å². The van der Waals surface area contributed by atoms with Gasteiger partial charge < -0.3 is 18.6 Å². The lowest BCUT2D eigenvalue weighted by atomic mass is 9.78. The molecule has 0 spiro atoms. The second kappa shape index (κ2) is 8.60. The molecule has 0 radical (unpaired) electrons. The number of hydrogen-bond acceptors (Lipinski definition) is 4. The maximum absolute atomic E-state index is 7.06. The summed E-state index contributed by atoms with van der Waals surface area (Å²) in [6.07, 6.45) is 3.84. The van der Waals surface area contributed by atoms with E-state index in [1.807, 2.05) is 0 Å². The molecular formula is C25H44BNO3Si. The Balaban J connectivity index is 1.87. The van der Waals surface area contributed by atoms with Gasteiger partial charge in [0, 0.05) is 6.04 Å². The Kier molecular flexibility index (Phi) is 6.93. The monoisotopic (exact) mass is 445 g/mol. The van der Waals surface area contributed by atoms with Crippen LogP contribution in [-0.2, 0) is 13.7 Å². The van der Waals surface area contributed by atoms with Crippen molar-refractivity contribution in [3.63, 3.8) is 0 Å². The van der Waals surface area contributed by atoms with Crippen molar-refractivity contribution in [1.82, 2.24) is 4.90 Å². The van der Waals surface area contributed by atoms with E-state index in [0.29, 0.717) is 6.04 Å². The van der Waals surface area contributed by atoms with Gasteiger partial charge in [-0.15, -0.1) is 0 Å². The van der Waals surface area contributed by atoms with E-state index < -0.39 is 8.32 Å². The molecule has 2 heterocycles. The van der Waals surface area contributed by atoms with Crippen LogP contribution in [0.2, 0.25) is 18.1 Å². The smallest absolute Gasteiger partial charge is 0.408 e. The van der Waals surface area contributed by atoms with E-state index >= 15 is 0 Å². The van der Waals surface area contributed by atoms with Crippen LogP contribution in [0.4, 0.5) is 0 Å². The largest absolute Gasteiger partial charge is 0.494 e. The molecule has 0 N–H and O–H groups in total. The van der Waals surface area contributed by atoms with Gasteiger partial charge in [-0.1, -0.05) is 51.5 Å². The molecule has 2 saturated heterocycles. The van der Waals surface area contributed by atoms with Crippen LogP contribution in [-0.4, -0.2) is 51.2 Å². The van der Waals surface area contributed by atoms with Crippen LogP contribution in [0.1, 0.15) is 79.4 Å². The van der Waals surface area contributed by atoms with Gasteiger partial charge in [0.1, 0.15) is 0 Å². The fourth-order valence-corrected chi connectivity index (χ4v) is 5.45. The summed E-state index contributed by atoms with van der Waals surface area (Å²) in [4.78, 5) is 2.50. The standard InChI is InChI=1S/C25H44BNO3Si/c1-23(2,3)31(9,10)28-22(21-13-11-12-18-27(21)8)19-14-16-20(17-15-19)26-29-24(4,5)25(6,7)30-26/h14-17,21-22H,11-13,18H2,1-10H3/t21-,22-/m0/s1. The van der Waals surface area contributed by atoms with Gasteiger partial charge >= 0.3 is 7.12 Å². The van der Waals surface area contributed by atoms with Crippen LogP contribution in [0.25, 0.3) is 0 Å². The molecule has 4 nitrogen and oxygen atoms in total. The number of rotatable bonds is 5. The number of likely N-dealkylation sites (tertiary alicyclic amines) is 1. The fourth-order valence-electron chi connectivity index (χ4n) is 4.17. The summed E-state index contributed by atoms with van der Waals surface area (Å²) < 4.78 is 19.6. The molecule has 2 fully saturated rings. The molecule has 31 heavy (non-hydrogen) atoms. The van der Waals surface area contributed by atoms with E-state index in [1.165, 1.54) is 24.8 Å². The lowest BCUT2D eigenvalue weighted by Gasteiger charge is -2.45. The van der Waals surface area contributed by atoms with Crippen molar-refractivity contribution < 1.29 is 13.7 Å². The maximum atomic E-state index is 7.06. The molecular weight excluding hydrogens is 401 g/mol. The second-order valence-electron chi connectivity index (χ2n) is 12.1. The topological polar surface area (TPSA) is 30.9 Å². The molecule has 1 aromatic carbocycles. The van der Waals surface area contributed by atoms with Gasteiger partial charge in [0.25, 0.3) is 0 Å². The van der Waals surface area contributed by atoms with Gasteiger partial charge in [-0.05, 0) is 83.3 Å².